The molecule has 0 fully saturated rings. The molecule has 2 aliphatic heterocycles. The van der Waals surface area contributed by atoms with E-state index in [1.165, 1.54) is 0 Å². The number of allylic oxidation sites excluding steroid dienone is 5. The maximum absolute atomic E-state index is 6.00. The summed E-state index contributed by atoms with van der Waals surface area (Å²) >= 11 is 5.43. The maximum atomic E-state index is 6.00. The van der Waals surface area contributed by atoms with Crippen molar-refractivity contribution in [3.8, 4) is 0 Å². The molecule has 0 N–H and O–H groups in total. The Kier molecular flexibility index (Phi) is 9.24. The van der Waals surface area contributed by atoms with Gasteiger partial charge in [-0.1, -0.05) is 45.1 Å². The number of rotatable bonds is 4. The van der Waals surface area contributed by atoms with Crippen molar-refractivity contribution in [1.29, 1.82) is 0 Å². The third-order valence-electron chi connectivity index (χ3n) is 4.01. The van der Waals surface area contributed by atoms with Crippen LogP contribution in [0.2, 0.25) is 0 Å². The molecule has 0 saturated heterocycles. The molecule has 3 rings (SSSR count). The predicted octanol–water partition coefficient (Wildman–Crippen LogP) is 4.86. The SMILES string of the molecule is CC.CC1/C=C\C=NC/C=C\C(OCc2nn(C3C=CN(C)N=C3)ccc2=S)=C/1. The number of hydrogen-bond acceptors (Lipinski definition) is 6. The van der Waals surface area contributed by atoms with Gasteiger partial charge in [0.1, 0.15) is 24.1 Å². The quantitative estimate of drug-likeness (QED) is 0.664. The van der Waals surface area contributed by atoms with Gasteiger partial charge < -0.3 is 4.74 Å². The summed E-state index contributed by atoms with van der Waals surface area (Å²) in [6, 6.07) is 1.84. The van der Waals surface area contributed by atoms with Crippen LogP contribution in [-0.4, -0.2) is 40.8 Å². The molecule has 0 spiro atoms. The largest absolute Gasteiger partial charge is 0.488 e. The average molecular weight is 412 g/mol. The molecule has 0 bridgehead atoms. The minimum atomic E-state index is -0.0358. The van der Waals surface area contributed by atoms with Crippen molar-refractivity contribution in [3.63, 3.8) is 0 Å². The standard InChI is InChI=1S/C20H23N5OS.C2H6/c1-16-5-3-9-21-10-4-6-18(13-16)26-15-19-20(27)8-12-25(23-19)17-7-11-24(2)22-14-17;1-2/h3-9,11-14,16-17H,10,15H2,1-2H3;1-2H3/b5-3-,6-4-,18-13+,21-9?;. The van der Waals surface area contributed by atoms with E-state index in [1.54, 1.807) is 5.01 Å². The third kappa shape index (κ3) is 7.27. The molecule has 0 amide bonds. The highest BCUT2D eigenvalue weighted by atomic mass is 32.1. The topological polar surface area (TPSA) is 55.0 Å². The molecule has 0 aromatic carbocycles. The van der Waals surface area contributed by atoms with E-state index in [2.05, 4.69) is 34.3 Å². The molecule has 154 valence electrons. The zero-order valence-corrected chi connectivity index (χ0v) is 18.3. The van der Waals surface area contributed by atoms with Gasteiger partial charge in [-0.3, -0.25) is 14.7 Å². The summed E-state index contributed by atoms with van der Waals surface area (Å²) in [4.78, 5) is 4.27. The first-order valence-corrected chi connectivity index (χ1v) is 10.2. The smallest absolute Gasteiger partial charge is 0.133 e. The number of nitrogens with zero attached hydrogens (tertiary/aromatic N) is 5. The Balaban J connectivity index is 0.00000145. The predicted molar refractivity (Wildman–Crippen MR) is 123 cm³/mol. The van der Waals surface area contributed by atoms with Crippen LogP contribution in [0.5, 0.6) is 0 Å². The highest BCUT2D eigenvalue weighted by Gasteiger charge is 2.10. The average Bonchev–Trinajstić information content (AvgIpc) is 2.74. The van der Waals surface area contributed by atoms with Gasteiger partial charge in [-0.15, -0.1) is 0 Å². The zero-order chi connectivity index (χ0) is 21.1. The highest BCUT2D eigenvalue weighted by Crippen LogP contribution is 2.14. The van der Waals surface area contributed by atoms with Gasteiger partial charge in [-0.25, -0.2) is 0 Å². The first kappa shape index (κ1) is 22.5. The molecule has 6 nitrogen and oxygen atoms in total. The van der Waals surface area contributed by atoms with E-state index < -0.39 is 0 Å². The van der Waals surface area contributed by atoms with Crippen molar-refractivity contribution in [2.24, 2.45) is 16.0 Å². The van der Waals surface area contributed by atoms with Crippen molar-refractivity contribution < 1.29 is 4.74 Å². The second kappa shape index (κ2) is 11.9. The number of ether oxygens (including phenoxy) is 1. The number of aromatic nitrogens is 2. The summed E-state index contributed by atoms with van der Waals surface area (Å²) in [6.07, 6.45) is 19.5. The van der Waals surface area contributed by atoms with Crippen LogP contribution in [0.1, 0.15) is 32.5 Å². The molecule has 2 unspecified atom stereocenters. The zero-order valence-electron chi connectivity index (χ0n) is 17.5. The Morgan fingerprint density at radius 2 is 2.10 bits per heavy atom. The first-order chi connectivity index (χ1) is 14.1. The Hall–Kier alpha value is -2.80. The minimum absolute atomic E-state index is 0.0358. The van der Waals surface area contributed by atoms with Crippen LogP contribution >= 0.6 is 12.2 Å². The second-order valence-electron chi connectivity index (χ2n) is 6.30. The number of hydrogen-bond donors (Lipinski definition) is 0. The molecule has 0 radical (unpaired) electrons. The van der Waals surface area contributed by atoms with Gasteiger partial charge in [0, 0.05) is 25.7 Å². The van der Waals surface area contributed by atoms with Gasteiger partial charge >= 0.3 is 0 Å². The van der Waals surface area contributed by atoms with Crippen LogP contribution < -0.4 is 0 Å². The Labute approximate surface area is 178 Å². The van der Waals surface area contributed by atoms with E-state index in [9.17, 15) is 0 Å². The molecule has 0 saturated carbocycles. The van der Waals surface area contributed by atoms with E-state index in [4.69, 9.17) is 17.0 Å². The molecule has 1 aromatic rings. The van der Waals surface area contributed by atoms with Gasteiger partial charge in [0.2, 0.25) is 0 Å². The van der Waals surface area contributed by atoms with Crippen molar-refractivity contribution in [3.05, 3.63) is 70.9 Å². The normalized spacial score (nSPS) is 24.7. The van der Waals surface area contributed by atoms with Crippen LogP contribution in [0.25, 0.3) is 0 Å². The fourth-order valence-corrected chi connectivity index (χ4v) is 2.71. The van der Waals surface area contributed by atoms with Gasteiger partial charge in [0.25, 0.3) is 0 Å². The van der Waals surface area contributed by atoms with E-state index in [1.807, 2.05) is 80.8 Å². The van der Waals surface area contributed by atoms with Crippen LogP contribution in [0.4, 0.5) is 0 Å². The van der Waals surface area contributed by atoms with E-state index in [0.29, 0.717) is 17.7 Å². The van der Waals surface area contributed by atoms with Crippen molar-refractivity contribution in [2.45, 2.75) is 33.4 Å². The molecule has 7 heteroatoms. The summed E-state index contributed by atoms with van der Waals surface area (Å²) in [7, 11) is 1.88. The van der Waals surface area contributed by atoms with Gasteiger partial charge in [-0.05, 0) is 36.3 Å². The fraction of sp³-hybridized carbons (Fsp3) is 0.364. The van der Waals surface area contributed by atoms with Gasteiger partial charge in [0.15, 0.2) is 0 Å². The second-order valence-corrected chi connectivity index (χ2v) is 6.74. The fourth-order valence-electron chi connectivity index (χ4n) is 2.55. The lowest BCUT2D eigenvalue weighted by Crippen LogP contribution is -2.19. The maximum Gasteiger partial charge on any atom is 0.133 e. The number of aliphatic imine (C=N–C) groups is 1. The summed E-state index contributed by atoms with van der Waals surface area (Å²) < 4.78 is 8.51. The van der Waals surface area contributed by atoms with Crippen molar-refractivity contribution >= 4 is 24.6 Å². The van der Waals surface area contributed by atoms with E-state index >= 15 is 0 Å². The van der Waals surface area contributed by atoms with Crippen molar-refractivity contribution in [1.82, 2.24) is 14.8 Å². The molecule has 0 aliphatic carbocycles. The molecule has 2 atom stereocenters. The van der Waals surface area contributed by atoms with Crippen molar-refractivity contribution in [2.75, 3.05) is 13.6 Å². The molecule has 29 heavy (non-hydrogen) atoms. The van der Waals surface area contributed by atoms with Crippen LogP contribution in [0.3, 0.4) is 0 Å². The third-order valence-corrected chi connectivity index (χ3v) is 4.38. The molecule has 3 heterocycles. The highest BCUT2D eigenvalue weighted by molar-refractivity contribution is 7.71. The monoisotopic (exact) mass is 411 g/mol. The van der Waals surface area contributed by atoms with Crippen LogP contribution in [-0.2, 0) is 11.3 Å². The number of hydrazone groups is 1. The molecule has 1 aromatic heterocycles. The molecular weight excluding hydrogens is 382 g/mol. The Bertz CT molecular complexity index is 881. The minimum Gasteiger partial charge on any atom is -0.488 e. The lowest BCUT2D eigenvalue weighted by Gasteiger charge is -2.18. The lowest BCUT2D eigenvalue weighted by atomic mass is 10.1. The summed E-state index contributed by atoms with van der Waals surface area (Å²) in [5.41, 5.74) is 0.723. The molecular formula is C22H29N5OS. The molecule has 2 aliphatic rings. The van der Waals surface area contributed by atoms with Crippen LogP contribution in [0, 0.1) is 10.4 Å². The summed E-state index contributed by atoms with van der Waals surface area (Å²) in [5, 5.41) is 10.7. The summed E-state index contributed by atoms with van der Waals surface area (Å²) in [5.74, 6) is 1.03. The van der Waals surface area contributed by atoms with E-state index in [0.717, 1.165) is 11.5 Å². The van der Waals surface area contributed by atoms with Crippen LogP contribution in [0.15, 0.2) is 70.8 Å². The first-order valence-electron chi connectivity index (χ1n) is 9.83. The lowest BCUT2D eigenvalue weighted by molar-refractivity contribution is 0.202. The summed E-state index contributed by atoms with van der Waals surface area (Å²) in [6.45, 7) is 7.03. The Morgan fingerprint density at radius 1 is 1.28 bits per heavy atom. The van der Waals surface area contributed by atoms with E-state index in [-0.39, 0.29) is 12.0 Å². The Morgan fingerprint density at radius 3 is 2.86 bits per heavy atom. The van der Waals surface area contributed by atoms with Gasteiger partial charge in [0.05, 0.1) is 17.3 Å². The van der Waals surface area contributed by atoms with Gasteiger partial charge in [-0.2, -0.15) is 10.2 Å².